The van der Waals surface area contributed by atoms with Crippen LogP contribution >= 0.6 is 15.8 Å². The van der Waals surface area contributed by atoms with Gasteiger partial charge in [0.15, 0.2) is 0 Å². The van der Waals surface area contributed by atoms with Crippen molar-refractivity contribution in [1.82, 2.24) is 0 Å². The minimum atomic E-state index is -0.858. The van der Waals surface area contributed by atoms with E-state index in [0.717, 1.165) is 0 Å². The molecule has 0 spiro atoms. The van der Waals surface area contributed by atoms with Gasteiger partial charge in [-0.1, -0.05) is 158 Å². The molecule has 0 atom stereocenters. The Morgan fingerprint density at radius 1 is 0.356 bits per heavy atom. The van der Waals surface area contributed by atoms with Crippen LogP contribution in [0.25, 0.3) is 11.1 Å². The second kappa shape index (κ2) is 12.2. The highest BCUT2D eigenvalue weighted by atomic mass is 31.1. The van der Waals surface area contributed by atoms with Crippen molar-refractivity contribution in [2.24, 2.45) is 0 Å². The number of rotatable bonds is 6. The van der Waals surface area contributed by atoms with E-state index in [1.54, 1.807) is 0 Å². The van der Waals surface area contributed by atoms with Crippen molar-refractivity contribution in [1.29, 1.82) is 0 Å². The van der Waals surface area contributed by atoms with Gasteiger partial charge in [-0.05, 0) is 97.6 Å². The molecule has 7 rings (SSSR count). The molecule has 1 aliphatic rings. The van der Waals surface area contributed by atoms with E-state index in [4.69, 9.17) is 4.74 Å². The lowest BCUT2D eigenvalue weighted by atomic mass is 9.87. The first-order valence-electron chi connectivity index (χ1n) is 15.6. The van der Waals surface area contributed by atoms with Gasteiger partial charge in [-0.25, -0.2) is 0 Å². The van der Waals surface area contributed by atoms with Crippen LogP contribution in [0.2, 0.25) is 0 Å². The Kier molecular flexibility index (Phi) is 8.05. The number of fused-ring (bicyclic) bond motifs is 3. The highest BCUT2D eigenvalue weighted by molar-refractivity contribution is 7.80. The third-order valence-corrected chi connectivity index (χ3v) is 13.6. The van der Waals surface area contributed by atoms with Crippen LogP contribution in [0.4, 0.5) is 0 Å². The molecule has 0 saturated carbocycles. The number of hydrogen-bond donors (Lipinski definition) is 0. The average molecular weight is 621 g/mol. The Morgan fingerprint density at radius 3 is 0.933 bits per heavy atom. The van der Waals surface area contributed by atoms with Gasteiger partial charge in [-0.15, -0.1) is 0 Å². The van der Waals surface area contributed by atoms with Gasteiger partial charge in [0.25, 0.3) is 0 Å². The molecule has 3 heteroatoms. The fraction of sp³-hybridized carbons (Fsp3) is 0.143. The van der Waals surface area contributed by atoms with Crippen LogP contribution in [-0.2, 0) is 15.9 Å². The molecule has 0 N–H and O–H groups in total. The number of benzene rings is 6. The molecule has 6 aromatic carbocycles. The Bertz CT molecular complexity index is 1700. The van der Waals surface area contributed by atoms with Gasteiger partial charge in [0.05, 0.1) is 11.2 Å². The van der Waals surface area contributed by atoms with E-state index >= 15 is 0 Å². The largest absolute Gasteiger partial charge is 0.360 e. The second-order valence-electron chi connectivity index (χ2n) is 12.5. The minimum absolute atomic E-state index is 0.512. The Balaban J connectivity index is 1.62. The average Bonchev–Trinajstić information content (AvgIpc) is 3.13. The monoisotopic (exact) mass is 620 g/mol. The summed E-state index contributed by atoms with van der Waals surface area (Å²) in [7, 11) is -1.72. The highest BCUT2D eigenvalue weighted by Gasteiger charge is 2.42. The van der Waals surface area contributed by atoms with Crippen molar-refractivity contribution >= 4 is 47.7 Å². The summed E-state index contributed by atoms with van der Waals surface area (Å²) in [5.74, 6) is 0. The maximum Gasteiger partial charge on any atom is 0.0893 e. The normalized spacial score (nSPS) is 14.9. The first-order chi connectivity index (χ1) is 21.9. The topological polar surface area (TPSA) is 9.23 Å². The smallest absolute Gasteiger partial charge is 0.0893 e. The summed E-state index contributed by atoms with van der Waals surface area (Å²) < 4.78 is 7.15. The lowest BCUT2D eigenvalue weighted by Gasteiger charge is -2.35. The standard InChI is InChI=1S/C42H38OP2/c1-41(2)35-27-17-29-37(44(31-19-9-5-10-20-31)32-21-11-6-12-22-32)39(35)40-36(42(3,4)43-41)28-18-30-38(40)45(33-23-13-7-14-24-33)34-25-15-8-16-26-34/h5-30H,1-4H3. The highest BCUT2D eigenvalue weighted by Crippen LogP contribution is 2.51. The van der Waals surface area contributed by atoms with E-state index in [2.05, 4.69) is 185 Å². The lowest BCUT2D eigenvalue weighted by Crippen LogP contribution is -2.32. The Hall–Kier alpha value is -3.86. The van der Waals surface area contributed by atoms with E-state index in [1.807, 2.05) is 0 Å². The van der Waals surface area contributed by atoms with E-state index in [0.29, 0.717) is 0 Å². The summed E-state index contributed by atoms with van der Waals surface area (Å²) in [5.41, 5.74) is 4.13. The minimum Gasteiger partial charge on any atom is -0.360 e. The third-order valence-electron chi connectivity index (χ3n) is 8.68. The fourth-order valence-corrected chi connectivity index (χ4v) is 11.9. The summed E-state index contributed by atoms with van der Waals surface area (Å²) in [6.07, 6.45) is 0. The zero-order chi connectivity index (χ0) is 31.0. The van der Waals surface area contributed by atoms with E-state index < -0.39 is 27.0 Å². The summed E-state index contributed by atoms with van der Waals surface area (Å²) in [6.45, 7) is 8.97. The van der Waals surface area contributed by atoms with Gasteiger partial charge in [-0.3, -0.25) is 0 Å². The van der Waals surface area contributed by atoms with E-state index in [9.17, 15) is 0 Å². The molecule has 6 aromatic rings. The van der Waals surface area contributed by atoms with Crippen molar-refractivity contribution in [2.75, 3.05) is 0 Å². The van der Waals surface area contributed by atoms with Gasteiger partial charge in [0, 0.05) is 0 Å². The molecule has 0 fully saturated rings. The van der Waals surface area contributed by atoms with Crippen LogP contribution in [0, 0.1) is 0 Å². The first kappa shape index (κ1) is 29.8. The van der Waals surface area contributed by atoms with Gasteiger partial charge >= 0.3 is 0 Å². The molecule has 0 aromatic heterocycles. The second-order valence-corrected chi connectivity index (χ2v) is 16.9. The summed E-state index contributed by atoms with van der Waals surface area (Å²) in [5, 5.41) is 8.14. The van der Waals surface area contributed by atoms with Crippen LogP contribution in [0.15, 0.2) is 158 Å². The molecule has 45 heavy (non-hydrogen) atoms. The molecule has 0 unspecified atom stereocenters. The zero-order valence-corrected chi connectivity index (χ0v) is 28.1. The molecular formula is C42H38OP2. The zero-order valence-electron chi connectivity index (χ0n) is 26.3. The molecule has 0 amide bonds. The molecule has 0 radical (unpaired) electrons. The predicted molar refractivity (Wildman–Crippen MR) is 196 cm³/mol. The van der Waals surface area contributed by atoms with Crippen molar-refractivity contribution in [2.45, 2.75) is 38.9 Å². The fourth-order valence-electron chi connectivity index (χ4n) is 6.89. The molecule has 1 heterocycles. The van der Waals surface area contributed by atoms with Gasteiger partial charge < -0.3 is 4.74 Å². The molecule has 0 saturated heterocycles. The molecule has 0 bridgehead atoms. The summed E-state index contributed by atoms with van der Waals surface area (Å²) in [4.78, 5) is 0. The lowest BCUT2D eigenvalue weighted by molar-refractivity contribution is -0.130. The predicted octanol–water partition coefficient (Wildman–Crippen LogP) is 8.37. The molecule has 0 aliphatic carbocycles. The van der Waals surface area contributed by atoms with Gasteiger partial charge in [0.1, 0.15) is 0 Å². The van der Waals surface area contributed by atoms with Crippen LogP contribution < -0.4 is 31.8 Å². The Morgan fingerprint density at radius 2 is 0.644 bits per heavy atom. The molecule has 1 aliphatic heterocycles. The van der Waals surface area contributed by atoms with Crippen LogP contribution in [0.3, 0.4) is 0 Å². The maximum atomic E-state index is 7.15. The summed E-state index contributed by atoms with van der Waals surface area (Å²) >= 11 is 0. The van der Waals surface area contributed by atoms with Crippen molar-refractivity contribution in [3.63, 3.8) is 0 Å². The molecule has 1 nitrogen and oxygen atoms in total. The van der Waals surface area contributed by atoms with Crippen molar-refractivity contribution in [3.05, 3.63) is 169 Å². The van der Waals surface area contributed by atoms with E-state index in [1.165, 1.54) is 54.1 Å². The SMILES string of the molecule is CC1(C)OC(C)(C)c2cccc(P(c3ccccc3)c3ccccc3)c2-c2c(P(c3ccccc3)c3ccccc3)cccc21. The Labute approximate surface area is 270 Å². The van der Waals surface area contributed by atoms with Crippen LogP contribution in [0.5, 0.6) is 0 Å². The van der Waals surface area contributed by atoms with E-state index in [-0.39, 0.29) is 0 Å². The number of ether oxygens (including phenoxy) is 1. The van der Waals surface area contributed by atoms with Crippen molar-refractivity contribution in [3.8, 4) is 11.1 Å². The van der Waals surface area contributed by atoms with Gasteiger partial charge in [0.2, 0.25) is 0 Å². The maximum absolute atomic E-state index is 7.15. The van der Waals surface area contributed by atoms with Crippen molar-refractivity contribution < 1.29 is 4.74 Å². The van der Waals surface area contributed by atoms with Crippen LogP contribution in [0.1, 0.15) is 38.8 Å². The molecular weight excluding hydrogens is 582 g/mol. The molecule has 222 valence electrons. The first-order valence-corrected chi connectivity index (χ1v) is 18.3. The number of hydrogen-bond acceptors (Lipinski definition) is 1. The summed E-state index contributed by atoms with van der Waals surface area (Å²) in [6, 6.07) is 58.1. The third kappa shape index (κ3) is 5.60. The quantitative estimate of drug-likeness (QED) is 0.170. The van der Waals surface area contributed by atoms with Gasteiger partial charge in [-0.2, -0.15) is 0 Å². The van der Waals surface area contributed by atoms with Crippen LogP contribution in [-0.4, -0.2) is 0 Å².